The summed E-state index contributed by atoms with van der Waals surface area (Å²) in [5.41, 5.74) is 2.51. The Balaban J connectivity index is 2.36. The van der Waals surface area contributed by atoms with Crippen LogP contribution in [0.15, 0.2) is 17.5 Å². The van der Waals surface area contributed by atoms with E-state index in [1.165, 1.54) is 16.0 Å². The summed E-state index contributed by atoms with van der Waals surface area (Å²) in [5, 5.41) is 2.09. The van der Waals surface area contributed by atoms with Gasteiger partial charge in [0.2, 0.25) is 0 Å². The number of rotatable bonds is 1. The van der Waals surface area contributed by atoms with Gasteiger partial charge in [-0.2, -0.15) is 0 Å². The standard InChI is InChI=1S/C11H12OS/c1-8-11(5-6-13-8)9-3-2-4-10(12)7-9/h5-7H,2-4H2,1H3. The quantitative estimate of drug-likeness (QED) is 0.667. The van der Waals surface area contributed by atoms with E-state index < -0.39 is 0 Å². The SMILES string of the molecule is Cc1sccc1C1=CC(=O)CCC1. The molecule has 0 saturated carbocycles. The van der Waals surface area contributed by atoms with Crippen molar-refractivity contribution in [1.29, 1.82) is 0 Å². The Morgan fingerprint density at radius 1 is 1.38 bits per heavy atom. The summed E-state index contributed by atoms with van der Waals surface area (Å²) in [6.07, 6.45) is 4.62. The van der Waals surface area contributed by atoms with Crippen LogP contribution in [0.1, 0.15) is 29.7 Å². The monoisotopic (exact) mass is 192 g/mol. The Bertz CT molecular complexity index is 360. The van der Waals surface area contributed by atoms with Crippen LogP contribution in [0.5, 0.6) is 0 Å². The zero-order valence-electron chi connectivity index (χ0n) is 7.67. The molecule has 0 fully saturated rings. The normalized spacial score (nSPS) is 17.3. The fourth-order valence-corrected chi connectivity index (χ4v) is 2.46. The van der Waals surface area contributed by atoms with Crippen LogP contribution in [0.4, 0.5) is 0 Å². The van der Waals surface area contributed by atoms with E-state index in [1.54, 1.807) is 11.3 Å². The summed E-state index contributed by atoms with van der Waals surface area (Å²) in [6, 6.07) is 2.12. The molecule has 1 nitrogen and oxygen atoms in total. The number of hydrogen-bond donors (Lipinski definition) is 0. The van der Waals surface area contributed by atoms with Crippen molar-refractivity contribution in [3.63, 3.8) is 0 Å². The van der Waals surface area contributed by atoms with Gasteiger partial charge in [0.05, 0.1) is 0 Å². The zero-order valence-corrected chi connectivity index (χ0v) is 8.49. The van der Waals surface area contributed by atoms with Crippen LogP contribution in [0.2, 0.25) is 0 Å². The molecule has 1 aliphatic carbocycles. The number of thiophene rings is 1. The van der Waals surface area contributed by atoms with Crippen LogP contribution in [-0.2, 0) is 4.79 Å². The highest BCUT2D eigenvalue weighted by Gasteiger charge is 2.13. The predicted molar refractivity (Wildman–Crippen MR) is 55.9 cm³/mol. The van der Waals surface area contributed by atoms with Gasteiger partial charge in [-0.05, 0) is 48.4 Å². The summed E-state index contributed by atoms with van der Waals surface area (Å²) >= 11 is 1.75. The average molecular weight is 192 g/mol. The van der Waals surface area contributed by atoms with E-state index in [-0.39, 0.29) is 5.78 Å². The second-order valence-corrected chi connectivity index (χ2v) is 4.50. The molecule has 0 atom stereocenters. The Labute approximate surface area is 82.1 Å². The van der Waals surface area contributed by atoms with E-state index in [2.05, 4.69) is 18.4 Å². The highest BCUT2D eigenvalue weighted by atomic mass is 32.1. The van der Waals surface area contributed by atoms with Crippen molar-refractivity contribution >= 4 is 22.7 Å². The second kappa shape index (κ2) is 3.46. The number of carbonyl (C=O) groups excluding carboxylic acids is 1. The van der Waals surface area contributed by atoms with Crippen LogP contribution >= 0.6 is 11.3 Å². The van der Waals surface area contributed by atoms with E-state index in [4.69, 9.17) is 0 Å². The lowest BCUT2D eigenvalue weighted by atomic mass is 9.93. The highest BCUT2D eigenvalue weighted by molar-refractivity contribution is 7.10. The third-order valence-corrected chi connectivity index (χ3v) is 3.25. The summed E-state index contributed by atoms with van der Waals surface area (Å²) in [7, 11) is 0. The first-order valence-electron chi connectivity index (χ1n) is 4.55. The molecule has 2 heteroatoms. The molecule has 0 unspecified atom stereocenters. The molecule has 0 saturated heterocycles. The molecule has 68 valence electrons. The van der Waals surface area contributed by atoms with Crippen molar-refractivity contribution < 1.29 is 4.79 Å². The van der Waals surface area contributed by atoms with E-state index in [1.807, 2.05) is 6.08 Å². The maximum atomic E-state index is 11.2. The van der Waals surface area contributed by atoms with E-state index in [0.717, 1.165) is 19.3 Å². The van der Waals surface area contributed by atoms with E-state index in [9.17, 15) is 4.79 Å². The highest BCUT2D eigenvalue weighted by Crippen LogP contribution is 2.29. The molecule has 0 aliphatic heterocycles. The van der Waals surface area contributed by atoms with Crippen LogP contribution in [0, 0.1) is 6.92 Å². The number of ketones is 1. The topological polar surface area (TPSA) is 17.1 Å². The molecule has 0 spiro atoms. The molecule has 1 aromatic heterocycles. The molecular formula is C11H12OS. The Hall–Kier alpha value is -0.890. The molecular weight excluding hydrogens is 180 g/mol. The van der Waals surface area contributed by atoms with Gasteiger partial charge in [-0.1, -0.05) is 0 Å². The lowest BCUT2D eigenvalue weighted by Gasteiger charge is -2.11. The van der Waals surface area contributed by atoms with Gasteiger partial charge < -0.3 is 0 Å². The van der Waals surface area contributed by atoms with Crippen LogP contribution in [0.3, 0.4) is 0 Å². The largest absolute Gasteiger partial charge is 0.295 e. The smallest absolute Gasteiger partial charge is 0.155 e. The lowest BCUT2D eigenvalue weighted by Crippen LogP contribution is -2.01. The molecule has 0 N–H and O–H groups in total. The summed E-state index contributed by atoms with van der Waals surface area (Å²) in [5.74, 6) is 0.284. The Morgan fingerprint density at radius 3 is 2.85 bits per heavy atom. The third-order valence-electron chi connectivity index (χ3n) is 2.41. The van der Waals surface area contributed by atoms with Gasteiger partial charge in [0, 0.05) is 11.3 Å². The Kier molecular flexibility index (Phi) is 2.32. The van der Waals surface area contributed by atoms with Gasteiger partial charge in [-0.3, -0.25) is 4.79 Å². The Morgan fingerprint density at radius 2 is 2.23 bits per heavy atom. The number of allylic oxidation sites excluding steroid dienone is 2. The van der Waals surface area contributed by atoms with Gasteiger partial charge in [0.25, 0.3) is 0 Å². The van der Waals surface area contributed by atoms with Crippen LogP contribution in [-0.4, -0.2) is 5.78 Å². The zero-order chi connectivity index (χ0) is 9.26. The van der Waals surface area contributed by atoms with Crippen LogP contribution < -0.4 is 0 Å². The first-order valence-corrected chi connectivity index (χ1v) is 5.43. The molecule has 13 heavy (non-hydrogen) atoms. The minimum atomic E-state index is 0.284. The first kappa shape index (κ1) is 8.70. The molecule has 1 aromatic rings. The molecule has 1 aliphatic rings. The number of carbonyl (C=O) groups is 1. The molecule has 0 amide bonds. The molecule has 0 radical (unpaired) electrons. The van der Waals surface area contributed by atoms with E-state index in [0.29, 0.717) is 0 Å². The van der Waals surface area contributed by atoms with Crippen LogP contribution in [0.25, 0.3) is 5.57 Å². The average Bonchev–Trinajstić information content (AvgIpc) is 2.51. The molecule has 2 rings (SSSR count). The fourth-order valence-electron chi connectivity index (χ4n) is 1.72. The van der Waals surface area contributed by atoms with Gasteiger partial charge in [-0.25, -0.2) is 0 Å². The van der Waals surface area contributed by atoms with Crippen molar-refractivity contribution in [3.05, 3.63) is 28.0 Å². The summed E-state index contributed by atoms with van der Waals surface area (Å²) in [6.45, 7) is 2.11. The minimum Gasteiger partial charge on any atom is -0.295 e. The van der Waals surface area contributed by atoms with Gasteiger partial charge in [-0.15, -0.1) is 11.3 Å². The van der Waals surface area contributed by atoms with Crippen molar-refractivity contribution in [3.8, 4) is 0 Å². The lowest BCUT2D eigenvalue weighted by molar-refractivity contribution is -0.114. The fraction of sp³-hybridized carbons (Fsp3) is 0.364. The molecule has 0 bridgehead atoms. The summed E-state index contributed by atoms with van der Waals surface area (Å²) in [4.78, 5) is 12.5. The number of aryl methyl sites for hydroxylation is 1. The minimum absolute atomic E-state index is 0.284. The second-order valence-electron chi connectivity index (χ2n) is 3.38. The maximum absolute atomic E-state index is 11.2. The van der Waals surface area contributed by atoms with Gasteiger partial charge in [0.15, 0.2) is 5.78 Å². The molecule has 1 heterocycles. The summed E-state index contributed by atoms with van der Waals surface area (Å²) < 4.78 is 0. The maximum Gasteiger partial charge on any atom is 0.155 e. The van der Waals surface area contributed by atoms with Gasteiger partial charge >= 0.3 is 0 Å². The van der Waals surface area contributed by atoms with E-state index >= 15 is 0 Å². The predicted octanol–water partition coefficient (Wildman–Crippen LogP) is 3.19. The van der Waals surface area contributed by atoms with Crippen molar-refractivity contribution in [1.82, 2.24) is 0 Å². The van der Waals surface area contributed by atoms with Crippen molar-refractivity contribution in [2.24, 2.45) is 0 Å². The first-order chi connectivity index (χ1) is 6.27. The van der Waals surface area contributed by atoms with Crippen molar-refractivity contribution in [2.45, 2.75) is 26.2 Å². The third kappa shape index (κ3) is 1.73. The molecule has 0 aromatic carbocycles. The number of hydrogen-bond acceptors (Lipinski definition) is 2. The van der Waals surface area contributed by atoms with Gasteiger partial charge in [0.1, 0.15) is 0 Å². The van der Waals surface area contributed by atoms with Crippen molar-refractivity contribution in [2.75, 3.05) is 0 Å².